The topological polar surface area (TPSA) is 42.2 Å². The summed E-state index contributed by atoms with van der Waals surface area (Å²) in [5, 5.41) is 0. The molecule has 1 aromatic carbocycles. The van der Waals surface area contributed by atoms with Crippen LogP contribution < -0.4 is 10.6 Å². The van der Waals surface area contributed by atoms with Gasteiger partial charge < -0.3 is 10.6 Å². The summed E-state index contributed by atoms with van der Waals surface area (Å²) < 4.78 is 1.03. The summed E-state index contributed by atoms with van der Waals surface area (Å²) in [6, 6.07) is 11.9. The third kappa shape index (κ3) is 3.01. The van der Waals surface area contributed by atoms with E-state index in [9.17, 15) is 0 Å². The fourth-order valence-electron chi connectivity index (χ4n) is 1.79. The monoisotopic (exact) mass is 305 g/mol. The van der Waals surface area contributed by atoms with Crippen molar-refractivity contribution in [1.82, 2.24) is 4.98 Å². The average Bonchev–Trinajstić information content (AvgIpc) is 2.32. The molecule has 1 aromatic heterocycles. The van der Waals surface area contributed by atoms with Gasteiger partial charge in [0.15, 0.2) is 0 Å². The molecule has 1 heterocycles. The Morgan fingerprint density at radius 2 is 2.06 bits per heavy atom. The van der Waals surface area contributed by atoms with Crippen LogP contribution in [0.1, 0.15) is 11.3 Å². The standard InChI is InChI=1S/C14H16BrN3/c1-10-13(15)6-7-14(17-10)18(2)9-11-4-3-5-12(16)8-11/h3-8H,9,16H2,1-2H3. The lowest BCUT2D eigenvalue weighted by Gasteiger charge is -2.19. The maximum Gasteiger partial charge on any atom is 0.128 e. The van der Waals surface area contributed by atoms with Crippen molar-refractivity contribution >= 4 is 27.4 Å². The number of benzene rings is 1. The fraction of sp³-hybridized carbons (Fsp3) is 0.214. The van der Waals surface area contributed by atoms with E-state index in [0.717, 1.165) is 28.2 Å². The number of rotatable bonds is 3. The van der Waals surface area contributed by atoms with Crippen LogP contribution in [-0.2, 0) is 6.54 Å². The van der Waals surface area contributed by atoms with E-state index in [1.165, 1.54) is 5.56 Å². The summed E-state index contributed by atoms with van der Waals surface area (Å²) in [7, 11) is 2.03. The zero-order valence-electron chi connectivity index (χ0n) is 10.5. The first-order valence-corrected chi connectivity index (χ1v) is 6.54. The minimum absolute atomic E-state index is 0.791. The lowest BCUT2D eigenvalue weighted by molar-refractivity contribution is 0.891. The molecule has 0 saturated heterocycles. The summed E-state index contributed by atoms with van der Waals surface area (Å²) in [6.07, 6.45) is 0. The third-order valence-electron chi connectivity index (χ3n) is 2.77. The molecule has 3 nitrogen and oxygen atoms in total. The lowest BCUT2D eigenvalue weighted by atomic mass is 10.2. The van der Waals surface area contributed by atoms with Gasteiger partial charge >= 0.3 is 0 Å². The van der Waals surface area contributed by atoms with Crippen molar-refractivity contribution < 1.29 is 0 Å². The van der Waals surface area contributed by atoms with E-state index in [0.29, 0.717) is 0 Å². The molecule has 0 fully saturated rings. The first kappa shape index (κ1) is 12.9. The van der Waals surface area contributed by atoms with Crippen LogP contribution in [0.5, 0.6) is 0 Å². The number of halogens is 1. The van der Waals surface area contributed by atoms with Crippen molar-refractivity contribution in [3.63, 3.8) is 0 Å². The van der Waals surface area contributed by atoms with E-state index in [1.54, 1.807) is 0 Å². The number of pyridine rings is 1. The van der Waals surface area contributed by atoms with E-state index in [-0.39, 0.29) is 0 Å². The Hall–Kier alpha value is -1.55. The molecule has 0 radical (unpaired) electrons. The molecule has 0 unspecified atom stereocenters. The molecule has 18 heavy (non-hydrogen) atoms. The summed E-state index contributed by atoms with van der Waals surface area (Å²) in [5.41, 5.74) is 8.74. The highest BCUT2D eigenvalue weighted by Crippen LogP contribution is 2.20. The van der Waals surface area contributed by atoms with E-state index >= 15 is 0 Å². The van der Waals surface area contributed by atoms with Gasteiger partial charge in [-0.15, -0.1) is 0 Å². The molecule has 0 spiro atoms. The summed E-state index contributed by atoms with van der Waals surface area (Å²) >= 11 is 3.46. The van der Waals surface area contributed by atoms with E-state index < -0.39 is 0 Å². The largest absolute Gasteiger partial charge is 0.399 e. The first-order valence-electron chi connectivity index (χ1n) is 5.75. The second-order valence-corrected chi connectivity index (χ2v) is 5.19. The molecule has 0 aliphatic carbocycles. The number of aryl methyl sites for hydroxylation is 1. The normalized spacial score (nSPS) is 10.4. The van der Waals surface area contributed by atoms with Crippen molar-refractivity contribution in [1.29, 1.82) is 0 Å². The fourth-order valence-corrected chi connectivity index (χ4v) is 2.01. The molecule has 0 aliphatic rings. The highest BCUT2D eigenvalue weighted by Gasteiger charge is 2.05. The molecule has 2 N–H and O–H groups in total. The molecule has 2 rings (SSSR count). The van der Waals surface area contributed by atoms with Gasteiger partial charge in [-0.05, 0) is 52.7 Å². The Morgan fingerprint density at radius 1 is 1.28 bits per heavy atom. The van der Waals surface area contributed by atoms with Crippen molar-refractivity contribution in [2.24, 2.45) is 0 Å². The van der Waals surface area contributed by atoms with Crippen LogP contribution in [0.3, 0.4) is 0 Å². The zero-order valence-corrected chi connectivity index (χ0v) is 12.1. The van der Waals surface area contributed by atoms with Crippen LogP contribution in [0.2, 0.25) is 0 Å². The van der Waals surface area contributed by atoms with E-state index in [4.69, 9.17) is 5.73 Å². The van der Waals surface area contributed by atoms with Gasteiger partial charge in [-0.1, -0.05) is 12.1 Å². The van der Waals surface area contributed by atoms with E-state index in [1.807, 2.05) is 44.3 Å². The van der Waals surface area contributed by atoms with Crippen LogP contribution in [0.25, 0.3) is 0 Å². The van der Waals surface area contributed by atoms with Crippen LogP contribution >= 0.6 is 15.9 Å². The first-order chi connectivity index (χ1) is 8.56. The second kappa shape index (κ2) is 5.40. The molecular formula is C14H16BrN3. The van der Waals surface area contributed by atoms with E-state index in [2.05, 4.69) is 31.9 Å². The van der Waals surface area contributed by atoms with Crippen LogP contribution in [0, 0.1) is 6.92 Å². The SMILES string of the molecule is Cc1nc(N(C)Cc2cccc(N)c2)ccc1Br. The Morgan fingerprint density at radius 3 is 2.72 bits per heavy atom. The third-order valence-corrected chi connectivity index (χ3v) is 3.61. The molecule has 0 bridgehead atoms. The van der Waals surface area contributed by atoms with Gasteiger partial charge in [0.05, 0.1) is 5.69 Å². The Bertz CT molecular complexity index is 554. The van der Waals surface area contributed by atoms with Gasteiger partial charge in [0, 0.05) is 23.8 Å². The summed E-state index contributed by atoms with van der Waals surface area (Å²) in [5.74, 6) is 0.957. The number of nitrogens with two attached hydrogens (primary N) is 1. The summed E-state index contributed by atoms with van der Waals surface area (Å²) in [6.45, 7) is 2.78. The maximum atomic E-state index is 5.78. The Balaban J connectivity index is 2.16. The van der Waals surface area contributed by atoms with Crippen molar-refractivity contribution in [3.8, 4) is 0 Å². The average molecular weight is 306 g/mol. The minimum atomic E-state index is 0.791. The lowest BCUT2D eigenvalue weighted by Crippen LogP contribution is -2.18. The van der Waals surface area contributed by atoms with Crippen LogP contribution in [-0.4, -0.2) is 12.0 Å². The van der Waals surface area contributed by atoms with Gasteiger partial charge in [-0.25, -0.2) is 4.98 Å². The van der Waals surface area contributed by atoms with Gasteiger partial charge in [0.2, 0.25) is 0 Å². The van der Waals surface area contributed by atoms with Gasteiger partial charge in [-0.2, -0.15) is 0 Å². The molecule has 0 aliphatic heterocycles. The number of nitrogen functional groups attached to an aromatic ring is 1. The molecule has 2 aromatic rings. The molecule has 0 amide bonds. The predicted octanol–water partition coefficient (Wildman–Crippen LogP) is 3.37. The number of nitrogens with zero attached hydrogens (tertiary/aromatic N) is 2. The number of hydrogen-bond donors (Lipinski definition) is 1. The van der Waals surface area contributed by atoms with Crippen LogP contribution in [0.4, 0.5) is 11.5 Å². The predicted molar refractivity (Wildman–Crippen MR) is 79.6 cm³/mol. The second-order valence-electron chi connectivity index (χ2n) is 4.34. The van der Waals surface area contributed by atoms with Crippen LogP contribution in [0.15, 0.2) is 40.9 Å². The number of aromatic nitrogens is 1. The van der Waals surface area contributed by atoms with Crippen molar-refractivity contribution in [2.75, 3.05) is 17.7 Å². The highest BCUT2D eigenvalue weighted by molar-refractivity contribution is 9.10. The van der Waals surface area contributed by atoms with Crippen molar-refractivity contribution in [3.05, 3.63) is 52.1 Å². The molecular weight excluding hydrogens is 290 g/mol. The zero-order chi connectivity index (χ0) is 13.1. The number of anilines is 2. The molecule has 4 heteroatoms. The molecule has 0 atom stereocenters. The molecule has 0 saturated carbocycles. The quantitative estimate of drug-likeness (QED) is 0.884. The molecule has 94 valence electrons. The van der Waals surface area contributed by atoms with Crippen molar-refractivity contribution in [2.45, 2.75) is 13.5 Å². The Labute approximate surface area is 116 Å². The maximum absolute atomic E-state index is 5.78. The van der Waals surface area contributed by atoms with Gasteiger partial charge in [0.1, 0.15) is 5.82 Å². The number of hydrogen-bond acceptors (Lipinski definition) is 3. The minimum Gasteiger partial charge on any atom is -0.399 e. The van der Waals surface area contributed by atoms with Gasteiger partial charge in [-0.3, -0.25) is 0 Å². The van der Waals surface area contributed by atoms with Gasteiger partial charge in [0.25, 0.3) is 0 Å². The Kier molecular flexibility index (Phi) is 3.87. The smallest absolute Gasteiger partial charge is 0.128 e. The highest BCUT2D eigenvalue weighted by atomic mass is 79.9. The summed E-state index contributed by atoms with van der Waals surface area (Å²) in [4.78, 5) is 6.64.